The molecule has 0 atom stereocenters. The molecule has 1 aliphatic heterocycles. The molecule has 3 aliphatic rings. The van der Waals surface area contributed by atoms with Crippen LogP contribution in [0.25, 0.3) is 17.0 Å². The van der Waals surface area contributed by atoms with Crippen molar-refractivity contribution in [2.75, 3.05) is 29.3 Å². The molecule has 6 rings (SSSR count). The summed E-state index contributed by atoms with van der Waals surface area (Å²) in [6, 6.07) is 6.38. The lowest BCUT2D eigenvalue weighted by atomic mass is 10.0. The van der Waals surface area contributed by atoms with Gasteiger partial charge in [0.25, 0.3) is 0 Å². The first-order valence-electron chi connectivity index (χ1n) is 13.3. The quantitative estimate of drug-likeness (QED) is 0.433. The van der Waals surface area contributed by atoms with Crippen LogP contribution in [0.2, 0.25) is 0 Å². The highest BCUT2D eigenvalue weighted by Gasteiger charge is 2.32. The number of aromatic amines is 1. The predicted molar refractivity (Wildman–Crippen MR) is 149 cm³/mol. The lowest BCUT2D eigenvalue weighted by Crippen LogP contribution is -2.46. The molecule has 38 heavy (non-hydrogen) atoms. The maximum Gasteiger partial charge on any atom is 0.330 e. The average Bonchev–Trinajstić information content (AvgIpc) is 3.64. The molecule has 1 saturated carbocycles. The Labute approximate surface area is 222 Å². The van der Waals surface area contributed by atoms with Crippen molar-refractivity contribution in [3.8, 4) is 11.4 Å². The molecule has 0 radical (unpaired) electrons. The second-order valence-electron chi connectivity index (χ2n) is 10.2. The minimum absolute atomic E-state index is 0.118. The number of nitrogens with zero attached hydrogens (tertiary/aromatic N) is 5. The summed E-state index contributed by atoms with van der Waals surface area (Å²) in [6.07, 6.45) is 14.4. The van der Waals surface area contributed by atoms with Crippen LogP contribution in [0, 0.1) is 6.92 Å². The van der Waals surface area contributed by atoms with E-state index in [0.717, 1.165) is 70.9 Å². The highest BCUT2D eigenvalue weighted by atomic mass is 16.5. The molecule has 1 aromatic carbocycles. The number of carbonyl (C=O) groups is 1. The predicted octanol–water partition coefficient (Wildman–Crippen LogP) is 5.81. The molecule has 1 fully saturated rings. The number of H-pyrrole nitrogens is 1. The normalized spacial score (nSPS) is 17.8. The van der Waals surface area contributed by atoms with Gasteiger partial charge in [-0.2, -0.15) is 4.98 Å². The first kappa shape index (κ1) is 24.2. The number of fused-ring (bicyclic) bond motifs is 1. The maximum atomic E-state index is 13.5. The van der Waals surface area contributed by atoms with E-state index in [9.17, 15) is 4.79 Å². The molecular formula is C29H33N7O2. The first-order chi connectivity index (χ1) is 18.5. The first-order valence-corrected chi connectivity index (χ1v) is 13.3. The van der Waals surface area contributed by atoms with Crippen LogP contribution in [0.3, 0.4) is 0 Å². The van der Waals surface area contributed by atoms with E-state index in [2.05, 4.69) is 26.3 Å². The zero-order valence-corrected chi connectivity index (χ0v) is 22.1. The smallest absolute Gasteiger partial charge is 0.330 e. The fourth-order valence-electron chi connectivity index (χ4n) is 5.59. The molecule has 0 unspecified atom stereocenters. The molecule has 2 amide bonds. The Morgan fingerprint density at radius 2 is 2.00 bits per heavy atom. The summed E-state index contributed by atoms with van der Waals surface area (Å²) in [7, 11) is 3.47. The number of benzene rings is 1. The third kappa shape index (κ3) is 4.42. The van der Waals surface area contributed by atoms with Crippen LogP contribution in [0.1, 0.15) is 55.3 Å². The van der Waals surface area contributed by atoms with E-state index >= 15 is 0 Å². The SMILES string of the molecule is COC1=C(c2cnc(-c3ccc(C)c(N4Cc5cnc(NC6CCCC6)nc5N(C)C4=O)c3)[nH]2)CCC=C1. The molecule has 9 heteroatoms. The molecule has 2 aromatic heterocycles. The Morgan fingerprint density at radius 3 is 2.82 bits per heavy atom. The number of aryl methyl sites for hydroxylation is 1. The van der Waals surface area contributed by atoms with Gasteiger partial charge < -0.3 is 15.0 Å². The molecule has 9 nitrogen and oxygen atoms in total. The van der Waals surface area contributed by atoms with E-state index in [1.807, 2.05) is 43.6 Å². The largest absolute Gasteiger partial charge is 0.496 e. The van der Waals surface area contributed by atoms with E-state index in [4.69, 9.17) is 9.72 Å². The molecular weight excluding hydrogens is 478 g/mol. The fourth-order valence-corrected chi connectivity index (χ4v) is 5.59. The van der Waals surface area contributed by atoms with Crippen molar-refractivity contribution in [1.29, 1.82) is 0 Å². The second-order valence-corrected chi connectivity index (χ2v) is 10.2. The van der Waals surface area contributed by atoms with Gasteiger partial charge in [-0.1, -0.05) is 31.1 Å². The van der Waals surface area contributed by atoms with E-state index in [-0.39, 0.29) is 6.03 Å². The molecule has 3 heterocycles. The number of allylic oxidation sites excluding steroid dienone is 3. The molecule has 3 aromatic rings. The van der Waals surface area contributed by atoms with Crippen molar-refractivity contribution in [3.05, 3.63) is 65.3 Å². The fraction of sp³-hybridized carbons (Fsp3) is 0.379. The van der Waals surface area contributed by atoms with Gasteiger partial charge in [0.2, 0.25) is 5.95 Å². The number of carbonyl (C=O) groups excluding carboxylic acids is 1. The van der Waals surface area contributed by atoms with Gasteiger partial charge in [0.05, 0.1) is 25.5 Å². The van der Waals surface area contributed by atoms with Crippen LogP contribution in [0.4, 0.5) is 22.2 Å². The third-order valence-electron chi connectivity index (χ3n) is 7.72. The summed E-state index contributed by atoms with van der Waals surface area (Å²) in [4.78, 5) is 34.3. The minimum Gasteiger partial charge on any atom is -0.496 e. The van der Waals surface area contributed by atoms with Gasteiger partial charge in [-0.15, -0.1) is 0 Å². The van der Waals surface area contributed by atoms with Gasteiger partial charge >= 0.3 is 6.03 Å². The Hall–Kier alpha value is -4.14. The summed E-state index contributed by atoms with van der Waals surface area (Å²) < 4.78 is 5.56. The van der Waals surface area contributed by atoms with Gasteiger partial charge in [-0.3, -0.25) is 9.80 Å². The number of aromatic nitrogens is 4. The zero-order valence-electron chi connectivity index (χ0n) is 22.1. The molecule has 2 aliphatic carbocycles. The number of urea groups is 1. The van der Waals surface area contributed by atoms with E-state index < -0.39 is 0 Å². The lowest BCUT2D eigenvalue weighted by molar-refractivity contribution is 0.251. The standard InChI is InChI=1S/C29H33N7O2/c1-18-12-13-19(26-30-16-23(33-26)22-10-6-7-11-25(22)38-3)14-24(18)36-17-20-15-31-28(32-21-8-4-5-9-21)34-27(20)35(2)29(36)37/h7,11-16,21H,4-6,8-10,17H2,1-3H3,(H,30,33)(H,31,32,34). The summed E-state index contributed by atoms with van der Waals surface area (Å²) in [6.45, 7) is 2.43. The van der Waals surface area contributed by atoms with Crippen molar-refractivity contribution < 1.29 is 9.53 Å². The number of hydrogen-bond donors (Lipinski definition) is 2. The number of nitrogens with one attached hydrogen (secondary N) is 2. The van der Waals surface area contributed by atoms with Gasteiger partial charge in [0.15, 0.2) is 0 Å². The van der Waals surface area contributed by atoms with Crippen LogP contribution in [-0.4, -0.2) is 46.2 Å². The Balaban J connectivity index is 1.28. The van der Waals surface area contributed by atoms with E-state index in [1.54, 1.807) is 24.0 Å². The Kier molecular flexibility index (Phi) is 6.35. The zero-order chi connectivity index (χ0) is 26.2. The monoisotopic (exact) mass is 511 g/mol. The topological polar surface area (TPSA) is 99.3 Å². The Bertz CT molecular complexity index is 1430. The summed E-state index contributed by atoms with van der Waals surface area (Å²) in [5.41, 5.74) is 5.74. The molecule has 2 N–H and O–H groups in total. The van der Waals surface area contributed by atoms with Crippen molar-refractivity contribution in [3.63, 3.8) is 0 Å². The second kappa shape index (κ2) is 9.96. The molecule has 0 spiro atoms. The van der Waals surface area contributed by atoms with E-state index in [1.165, 1.54) is 12.8 Å². The number of anilines is 3. The number of ether oxygens (including phenoxy) is 1. The van der Waals surface area contributed by atoms with Crippen LogP contribution < -0.4 is 15.1 Å². The Morgan fingerprint density at radius 1 is 1.16 bits per heavy atom. The van der Waals surface area contributed by atoms with Crippen LogP contribution in [-0.2, 0) is 11.3 Å². The van der Waals surface area contributed by atoms with Gasteiger partial charge in [-0.05, 0) is 50.3 Å². The van der Waals surface area contributed by atoms with Crippen LogP contribution in [0.15, 0.2) is 48.5 Å². The summed E-state index contributed by atoms with van der Waals surface area (Å²) >= 11 is 0. The minimum atomic E-state index is -0.118. The van der Waals surface area contributed by atoms with Gasteiger partial charge in [-0.25, -0.2) is 14.8 Å². The van der Waals surface area contributed by atoms with Crippen molar-refractivity contribution in [1.82, 2.24) is 19.9 Å². The molecule has 0 saturated heterocycles. The average molecular weight is 512 g/mol. The number of imidazole rings is 1. The highest BCUT2D eigenvalue weighted by Crippen LogP contribution is 2.35. The molecule has 0 bridgehead atoms. The van der Waals surface area contributed by atoms with Crippen molar-refractivity contribution in [2.24, 2.45) is 0 Å². The van der Waals surface area contributed by atoms with Crippen molar-refractivity contribution >= 4 is 29.1 Å². The summed E-state index contributed by atoms with van der Waals surface area (Å²) in [5.74, 6) is 2.87. The lowest BCUT2D eigenvalue weighted by Gasteiger charge is -2.35. The molecule has 196 valence electrons. The van der Waals surface area contributed by atoms with E-state index in [0.29, 0.717) is 24.4 Å². The third-order valence-corrected chi connectivity index (χ3v) is 7.72. The van der Waals surface area contributed by atoms with Crippen LogP contribution >= 0.6 is 0 Å². The van der Waals surface area contributed by atoms with Gasteiger partial charge in [0.1, 0.15) is 17.4 Å². The number of rotatable bonds is 6. The number of hydrogen-bond acceptors (Lipinski definition) is 6. The number of amides is 2. The highest BCUT2D eigenvalue weighted by molar-refractivity contribution is 6.05. The number of methoxy groups -OCH3 is 1. The van der Waals surface area contributed by atoms with Crippen molar-refractivity contribution in [2.45, 2.75) is 58.0 Å². The van der Waals surface area contributed by atoms with Crippen LogP contribution in [0.5, 0.6) is 0 Å². The maximum absolute atomic E-state index is 13.5. The van der Waals surface area contributed by atoms with Gasteiger partial charge in [0, 0.05) is 41.7 Å². The summed E-state index contributed by atoms with van der Waals surface area (Å²) in [5, 5.41) is 3.44.